The molecule has 2 aromatic carbocycles. The Hall–Kier alpha value is -1.87. The van der Waals surface area contributed by atoms with Crippen molar-refractivity contribution in [3.8, 4) is 5.75 Å². The lowest BCUT2D eigenvalue weighted by Gasteiger charge is -2.07. The number of amides is 1. The molecule has 126 valence electrons. The van der Waals surface area contributed by atoms with Gasteiger partial charge in [0, 0.05) is 5.56 Å². The monoisotopic (exact) mass is 464 g/mol. The van der Waals surface area contributed by atoms with E-state index in [1.807, 2.05) is 0 Å². The standard InChI is InChI=1S/C15H9Br2F3N2O2/c16-11-4-8(5-12(17)13(11)23)7-21-22-14(24)9-2-1-3-10(6-9)15(18,19)20/h1-7,23H,(H,22,24). The first kappa shape index (κ1) is 18.5. The minimum absolute atomic E-state index is 0.0140. The third-order valence-corrected chi connectivity index (χ3v) is 4.08. The molecule has 0 saturated carbocycles. The molecule has 0 bridgehead atoms. The van der Waals surface area contributed by atoms with Gasteiger partial charge in [-0.15, -0.1) is 0 Å². The summed E-state index contributed by atoms with van der Waals surface area (Å²) in [7, 11) is 0. The van der Waals surface area contributed by atoms with Crippen molar-refractivity contribution < 1.29 is 23.1 Å². The first-order chi connectivity index (χ1) is 11.2. The fraction of sp³-hybridized carbons (Fsp3) is 0.0667. The van der Waals surface area contributed by atoms with Crippen LogP contribution in [-0.2, 0) is 6.18 Å². The van der Waals surface area contributed by atoms with Gasteiger partial charge in [-0.05, 0) is 67.8 Å². The fourth-order valence-corrected chi connectivity index (χ4v) is 2.95. The summed E-state index contributed by atoms with van der Waals surface area (Å²) in [5.41, 5.74) is 1.63. The van der Waals surface area contributed by atoms with E-state index in [9.17, 15) is 23.1 Å². The molecule has 0 aliphatic carbocycles. The molecule has 0 saturated heterocycles. The molecule has 2 aromatic rings. The Morgan fingerprint density at radius 2 is 1.79 bits per heavy atom. The molecule has 2 rings (SSSR count). The number of halogens is 5. The van der Waals surface area contributed by atoms with Crippen molar-refractivity contribution in [1.29, 1.82) is 0 Å². The van der Waals surface area contributed by atoms with Crippen LogP contribution in [0.25, 0.3) is 0 Å². The second kappa shape index (κ2) is 7.35. The molecule has 0 atom stereocenters. The van der Waals surface area contributed by atoms with Crippen molar-refractivity contribution in [2.45, 2.75) is 6.18 Å². The Balaban J connectivity index is 2.11. The van der Waals surface area contributed by atoms with Crippen LogP contribution in [0.4, 0.5) is 13.2 Å². The second-order valence-electron chi connectivity index (χ2n) is 4.61. The first-order valence-electron chi connectivity index (χ1n) is 6.37. The molecule has 0 fully saturated rings. The van der Waals surface area contributed by atoms with Gasteiger partial charge in [0.15, 0.2) is 0 Å². The molecule has 1 amide bonds. The van der Waals surface area contributed by atoms with E-state index >= 15 is 0 Å². The van der Waals surface area contributed by atoms with Crippen molar-refractivity contribution in [3.63, 3.8) is 0 Å². The molecule has 0 spiro atoms. The number of benzene rings is 2. The van der Waals surface area contributed by atoms with Crippen LogP contribution in [0.3, 0.4) is 0 Å². The number of aromatic hydroxyl groups is 1. The number of rotatable bonds is 3. The van der Waals surface area contributed by atoms with Crippen molar-refractivity contribution in [2.75, 3.05) is 0 Å². The van der Waals surface area contributed by atoms with Crippen LogP contribution in [0.5, 0.6) is 5.75 Å². The first-order valence-corrected chi connectivity index (χ1v) is 7.96. The highest BCUT2D eigenvalue weighted by atomic mass is 79.9. The van der Waals surface area contributed by atoms with E-state index in [0.29, 0.717) is 14.5 Å². The maximum atomic E-state index is 12.6. The molecule has 0 unspecified atom stereocenters. The Morgan fingerprint density at radius 1 is 1.17 bits per heavy atom. The zero-order valence-electron chi connectivity index (χ0n) is 11.7. The van der Waals surface area contributed by atoms with Crippen LogP contribution >= 0.6 is 31.9 Å². The number of hydrazone groups is 1. The van der Waals surface area contributed by atoms with Gasteiger partial charge in [-0.25, -0.2) is 5.43 Å². The number of phenols is 1. The summed E-state index contributed by atoms with van der Waals surface area (Å²) in [6.45, 7) is 0. The molecule has 9 heteroatoms. The van der Waals surface area contributed by atoms with Gasteiger partial charge < -0.3 is 5.11 Å². The maximum absolute atomic E-state index is 12.6. The topological polar surface area (TPSA) is 61.7 Å². The van der Waals surface area contributed by atoms with E-state index in [1.165, 1.54) is 12.3 Å². The molecule has 4 nitrogen and oxygen atoms in total. The number of phenolic OH excluding ortho intramolecular Hbond substituents is 1. The van der Waals surface area contributed by atoms with E-state index in [1.54, 1.807) is 12.1 Å². The number of hydrogen-bond donors (Lipinski definition) is 2. The maximum Gasteiger partial charge on any atom is 0.416 e. The molecule has 0 aliphatic heterocycles. The predicted octanol–water partition coefficient (Wildman–Crippen LogP) is 4.70. The minimum atomic E-state index is -4.52. The summed E-state index contributed by atoms with van der Waals surface area (Å²) >= 11 is 6.29. The van der Waals surface area contributed by atoms with Gasteiger partial charge in [-0.1, -0.05) is 6.07 Å². The van der Waals surface area contributed by atoms with E-state index in [4.69, 9.17) is 0 Å². The van der Waals surface area contributed by atoms with Crippen molar-refractivity contribution in [2.24, 2.45) is 5.10 Å². The van der Waals surface area contributed by atoms with E-state index in [0.717, 1.165) is 18.2 Å². The SMILES string of the molecule is O=C(NN=Cc1cc(Br)c(O)c(Br)c1)c1cccc(C(F)(F)F)c1. The third kappa shape index (κ3) is 4.57. The Kier molecular flexibility index (Phi) is 5.66. The molecule has 0 heterocycles. The summed E-state index contributed by atoms with van der Waals surface area (Å²) in [4.78, 5) is 11.9. The number of alkyl halides is 3. The minimum Gasteiger partial charge on any atom is -0.506 e. The zero-order valence-corrected chi connectivity index (χ0v) is 14.9. The largest absolute Gasteiger partial charge is 0.506 e. The average molecular weight is 466 g/mol. The fourth-order valence-electron chi connectivity index (χ4n) is 1.73. The lowest BCUT2D eigenvalue weighted by atomic mass is 10.1. The summed E-state index contributed by atoms with van der Waals surface area (Å²) in [5, 5.41) is 13.3. The van der Waals surface area contributed by atoms with Crippen LogP contribution in [0, 0.1) is 0 Å². The van der Waals surface area contributed by atoms with Gasteiger partial charge in [0.25, 0.3) is 5.91 Å². The number of hydrogen-bond acceptors (Lipinski definition) is 3. The van der Waals surface area contributed by atoms with Gasteiger partial charge in [-0.3, -0.25) is 4.79 Å². The van der Waals surface area contributed by atoms with Gasteiger partial charge in [0.2, 0.25) is 0 Å². The van der Waals surface area contributed by atoms with Crippen molar-refractivity contribution >= 4 is 44.0 Å². The molecule has 0 aromatic heterocycles. The summed E-state index contributed by atoms with van der Waals surface area (Å²) in [5.74, 6) is -0.755. The summed E-state index contributed by atoms with van der Waals surface area (Å²) < 4.78 is 38.7. The van der Waals surface area contributed by atoms with Crippen LogP contribution in [-0.4, -0.2) is 17.2 Å². The molecule has 0 radical (unpaired) electrons. The molecule has 24 heavy (non-hydrogen) atoms. The van der Waals surface area contributed by atoms with Gasteiger partial charge in [0.05, 0.1) is 20.7 Å². The Bertz CT molecular complexity index is 785. The van der Waals surface area contributed by atoms with Crippen LogP contribution in [0.2, 0.25) is 0 Å². The lowest BCUT2D eigenvalue weighted by Crippen LogP contribution is -2.18. The highest BCUT2D eigenvalue weighted by Gasteiger charge is 2.30. The number of carbonyl (C=O) groups is 1. The normalized spacial score (nSPS) is 11.7. The second-order valence-corrected chi connectivity index (χ2v) is 6.32. The van der Waals surface area contributed by atoms with E-state index < -0.39 is 17.6 Å². The zero-order chi connectivity index (χ0) is 17.9. The summed E-state index contributed by atoms with van der Waals surface area (Å²) in [6.07, 6.45) is -3.23. The molecule has 0 aliphatic rings. The predicted molar refractivity (Wildman–Crippen MR) is 90.0 cm³/mol. The lowest BCUT2D eigenvalue weighted by molar-refractivity contribution is -0.137. The highest BCUT2D eigenvalue weighted by Crippen LogP contribution is 2.33. The van der Waals surface area contributed by atoms with E-state index in [-0.39, 0.29) is 11.3 Å². The number of carbonyl (C=O) groups excluding carboxylic acids is 1. The smallest absolute Gasteiger partial charge is 0.416 e. The van der Waals surface area contributed by atoms with Crippen LogP contribution in [0.1, 0.15) is 21.5 Å². The Morgan fingerprint density at radius 3 is 2.38 bits per heavy atom. The number of nitrogens with one attached hydrogen (secondary N) is 1. The molecule has 2 N–H and O–H groups in total. The van der Waals surface area contributed by atoms with Crippen molar-refractivity contribution in [3.05, 3.63) is 62.0 Å². The van der Waals surface area contributed by atoms with Crippen LogP contribution < -0.4 is 5.43 Å². The van der Waals surface area contributed by atoms with Gasteiger partial charge in [-0.2, -0.15) is 18.3 Å². The Labute approximate surface area is 151 Å². The van der Waals surface area contributed by atoms with Crippen molar-refractivity contribution in [1.82, 2.24) is 5.43 Å². The molecular weight excluding hydrogens is 457 g/mol. The average Bonchev–Trinajstić information content (AvgIpc) is 2.51. The third-order valence-electron chi connectivity index (χ3n) is 2.87. The van der Waals surface area contributed by atoms with Gasteiger partial charge in [0.1, 0.15) is 5.75 Å². The van der Waals surface area contributed by atoms with Gasteiger partial charge >= 0.3 is 6.18 Å². The summed E-state index contributed by atoms with van der Waals surface area (Å²) in [6, 6.07) is 7.15. The van der Waals surface area contributed by atoms with E-state index in [2.05, 4.69) is 42.4 Å². The highest BCUT2D eigenvalue weighted by molar-refractivity contribution is 9.11. The quantitative estimate of drug-likeness (QED) is 0.509. The molecular formula is C15H9Br2F3N2O2. The number of nitrogens with zero attached hydrogens (tertiary/aromatic N) is 1. The van der Waals surface area contributed by atoms with Crippen LogP contribution in [0.15, 0.2) is 50.4 Å².